The Morgan fingerprint density at radius 2 is 2.15 bits per heavy atom. The van der Waals surface area contributed by atoms with Gasteiger partial charge in [0.2, 0.25) is 0 Å². The molecule has 5 heteroatoms. The van der Waals surface area contributed by atoms with Crippen LogP contribution in [0.4, 0.5) is 5.69 Å². The molecule has 1 N–H and O–H groups in total. The molecule has 2 heterocycles. The second-order valence-electron chi connectivity index (χ2n) is 4.89. The molecular formula is C15H21N3O2. The third-order valence-electron chi connectivity index (χ3n) is 3.35. The number of nitrogens with zero attached hydrogens (tertiary/aromatic N) is 3. The van der Waals surface area contributed by atoms with Crippen molar-refractivity contribution in [3.63, 3.8) is 0 Å². The summed E-state index contributed by atoms with van der Waals surface area (Å²) in [5.41, 5.74) is 2.52. The van der Waals surface area contributed by atoms with Crippen molar-refractivity contribution >= 4 is 17.3 Å². The Labute approximate surface area is 118 Å². The van der Waals surface area contributed by atoms with Gasteiger partial charge in [0.05, 0.1) is 17.8 Å². The van der Waals surface area contributed by atoms with E-state index in [-0.39, 0.29) is 6.42 Å². The molecule has 0 unspecified atom stereocenters. The molecule has 0 aliphatic carbocycles. The lowest BCUT2D eigenvalue weighted by molar-refractivity contribution is -0.136. The number of carbonyl (C=O) groups is 1. The zero-order valence-corrected chi connectivity index (χ0v) is 12.0. The number of unbranched alkanes of at least 4 members (excludes halogenated alkanes) is 1. The molecule has 0 fully saturated rings. The monoisotopic (exact) mass is 275 g/mol. The fraction of sp³-hybridized carbons (Fsp3) is 0.467. The first-order valence-corrected chi connectivity index (χ1v) is 7.08. The van der Waals surface area contributed by atoms with E-state index in [9.17, 15) is 4.79 Å². The average molecular weight is 275 g/mol. The summed E-state index contributed by atoms with van der Waals surface area (Å²) >= 11 is 0. The van der Waals surface area contributed by atoms with E-state index >= 15 is 0 Å². The highest BCUT2D eigenvalue weighted by Crippen LogP contribution is 2.17. The Balaban J connectivity index is 2.25. The van der Waals surface area contributed by atoms with Gasteiger partial charge < -0.3 is 14.4 Å². The van der Waals surface area contributed by atoms with Gasteiger partial charge in [0.15, 0.2) is 0 Å². The molecule has 2 rings (SSSR count). The molecule has 0 aromatic carbocycles. The molecule has 108 valence electrons. The van der Waals surface area contributed by atoms with Crippen LogP contribution >= 0.6 is 0 Å². The number of hydrogen-bond donors (Lipinski definition) is 1. The summed E-state index contributed by atoms with van der Waals surface area (Å²) in [7, 11) is 0. The molecule has 0 amide bonds. The van der Waals surface area contributed by atoms with Gasteiger partial charge in [-0.3, -0.25) is 4.79 Å². The summed E-state index contributed by atoms with van der Waals surface area (Å²) in [6.45, 7) is 6.33. The van der Waals surface area contributed by atoms with Crippen molar-refractivity contribution in [1.82, 2.24) is 9.38 Å². The van der Waals surface area contributed by atoms with Crippen molar-refractivity contribution in [2.75, 3.05) is 18.0 Å². The van der Waals surface area contributed by atoms with E-state index in [1.807, 2.05) is 22.7 Å². The van der Waals surface area contributed by atoms with Crippen LogP contribution in [0.1, 0.15) is 32.4 Å². The van der Waals surface area contributed by atoms with E-state index in [0.717, 1.165) is 24.4 Å². The van der Waals surface area contributed by atoms with Crippen LogP contribution in [-0.4, -0.2) is 33.6 Å². The number of aromatic nitrogens is 2. The molecule has 0 spiro atoms. The van der Waals surface area contributed by atoms with E-state index < -0.39 is 5.97 Å². The molecule has 0 aliphatic rings. The van der Waals surface area contributed by atoms with Gasteiger partial charge in [-0.1, -0.05) is 13.3 Å². The molecular weight excluding hydrogens is 254 g/mol. The topological polar surface area (TPSA) is 57.8 Å². The zero-order chi connectivity index (χ0) is 14.5. The van der Waals surface area contributed by atoms with E-state index in [4.69, 9.17) is 5.11 Å². The number of carboxylic acids is 1. The number of pyridine rings is 1. The summed E-state index contributed by atoms with van der Waals surface area (Å²) in [6, 6.07) is 3.99. The average Bonchev–Trinajstić information content (AvgIpc) is 2.80. The van der Waals surface area contributed by atoms with Gasteiger partial charge in [0, 0.05) is 25.5 Å². The number of fused-ring (bicyclic) bond motifs is 1. The Hall–Kier alpha value is -2.04. The lowest BCUT2D eigenvalue weighted by atomic mass is 10.3. The van der Waals surface area contributed by atoms with Crippen molar-refractivity contribution < 1.29 is 9.90 Å². The highest BCUT2D eigenvalue weighted by Gasteiger charge is 2.08. The highest BCUT2D eigenvalue weighted by molar-refractivity contribution is 5.70. The third-order valence-corrected chi connectivity index (χ3v) is 3.35. The standard InChI is InChI=1S/C15H21N3O2/c1-3-5-8-17(4-2)13-6-7-14-16-12(9-15(19)20)10-18(14)11-13/h6-7,10-11H,3-5,8-9H2,1-2H3,(H,19,20). The van der Waals surface area contributed by atoms with Crippen molar-refractivity contribution in [2.24, 2.45) is 0 Å². The predicted molar refractivity (Wildman–Crippen MR) is 79.3 cm³/mol. The molecule has 5 nitrogen and oxygen atoms in total. The SMILES string of the molecule is CCCCN(CC)c1ccc2nc(CC(=O)O)cn2c1. The van der Waals surface area contributed by atoms with E-state index in [2.05, 4.69) is 23.7 Å². The summed E-state index contributed by atoms with van der Waals surface area (Å²) in [5, 5.41) is 8.81. The van der Waals surface area contributed by atoms with E-state index in [1.54, 1.807) is 6.20 Å². The molecule has 0 radical (unpaired) electrons. The van der Waals surface area contributed by atoms with Gasteiger partial charge in [-0.15, -0.1) is 0 Å². The Morgan fingerprint density at radius 3 is 2.80 bits per heavy atom. The fourth-order valence-electron chi connectivity index (χ4n) is 2.28. The van der Waals surface area contributed by atoms with Crippen molar-refractivity contribution in [3.8, 4) is 0 Å². The predicted octanol–water partition coefficient (Wildman–Crippen LogP) is 2.59. The Morgan fingerprint density at radius 1 is 1.35 bits per heavy atom. The summed E-state index contributed by atoms with van der Waals surface area (Å²) in [4.78, 5) is 17.4. The second-order valence-corrected chi connectivity index (χ2v) is 4.89. The number of carboxylic acid groups (broad SMARTS) is 1. The fourth-order valence-corrected chi connectivity index (χ4v) is 2.28. The van der Waals surface area contributed by atoms with Crippen LogP contribution in [0.25, 0.3) is 5.65 Å². The molecule has 0 atom stereocenters. The quantitative estimate of drug-likeness (QED) is 0.843. The zero-order valence-electron chi connectivity index (χ0n) is 12.0. The maximum absolute atomic E-state index is 10.7. The van der Waals surface area contributed by atoms with Gasteiger partial charge in [-0.2, -0.15) is 0 Å². The first-order valence-electron chi connectivity index (χ1n) is 7.08. The maximum atomic E-state index is 10.7. The van der Waals surface area contributed by atoms with Gasteiger partial charge >= 0.3 is 5.97 Å². The number of imidazole rings is 1. The van der Waals surface area contributed by atoms with Crippen LogP contribution in [0.2, 0.25) is 0 Å². The second kappa shape index (κ2) is 6.41. The van der Waals surface area contributed by atoms with Crippen LogP contribution in [0, 0.1) is 0 Å². The van der Waals surface area contributed by atoms with Crippen LogP contribution in [0.5, 0.6) is 0 Å². The van der Waals surface area contributed by atoms with Crippen molar-refractivity contribution in [2.45, 2.75) is 33.1 Å². The first-order chi connectivity index (χ1) is 9.63. The summed E-state index contributed by atoms with van der Waals surface area (Å²) in [5.74, 6) is -0.855. The molecule has 0 saturated carbocycles. The minimum atomic E-state index is -0.855. The number of anilines is 1. The van der Waals surface area contributed by atoms with Crippen molar-refractivity contribution in [1.29, 1.82) is 0 Å². The Kier molecular flexibility index (Phi) is 4.61. The smallest absolute Gasteiger partial charge is 0.309 e. The highest BCUT2D eigenvalue weighted by atomic mass is 16.4. The molecule has 0 saturated heterocycles. The molecule has 2 aromatic heterocycles. The van der Waals surface area contributed by atoms with Gasteiger partial charge in [-0.05, 0) is 25.5 Å². The maximum Gasteiger partial charge on any atom is 0.309 e. The summed E-state index contributed by atoms with van der Waals surface area (Å²) < 4.78 is 1.90. The minimum absolute atomic E-state index is 0.0374. The molecule has 0 bridgehead atoms. The number of rotatable bonds is 7. The first kappa shape index (κ1) is 14.4. The molecule has 0 aliphatic heterocycles. The van der Waals surface area contributed by atoms with E-state index in [0.29, 0.717) is 5.69 Å². The minimum Gasteiger partial charge on any atom is -0.481 e. The van der Waals surface area contributed by atoms with Gasteiger partial charge in [0.1, 0.15) is 5.65 Å². The van der Waals surface area contributed by atoms with Crippen LogP contribution in [0.15, 0.2) is 24.5 Å². The number of hydrogen-bond acceptors (Lipinski definition) is 3. The third kappa shape index (κ3) is 3.29. The van der Waals surface area contributed by atoms with Gasteiger partial charge in [0.25, 0.3) is 0 Å². The largest absolute Gasteiger partial charge is 0.481 e. The molecule has 20 heavy (non-hydrogen) atoms. The van der Waals surface area contributed by atoms with Crippen LogP contribution in [0.3, 0.4) is 0 Å². The van der Waals surface area contributed by atoms with Crippen molar-refractivity contribution in [3.05, 3.63) is 30.2 Å². The normalized spacial score (nSPS) is 10.9. The van der Waals surface area contributed by atoms with Crippen LogP contribution < -0.4 is 4.90 Å². The van der Waals surface area contributed by atoms with E-state index in [1.165, 1.54) is 12.8 Å². The van der Waals surface area contributed by atoms with Gasteiger partial charge in [-0.25, -0.2) is 4.98 Å². The van der Waals surface area contributed by atoms with Crippen LogP contribution in [-0.2, 0) is 11.2 Å². The lowest BCUT2D eigenvalue weighted by Crippen LogP contribution is -2.23. The number of aliphatic carboxylic acids is 1. The molecule has 2 aromatic rings. The summed E-state index contributed by atoms with van der Waals surface area (Å²) in [6.07, 6.45) is 6.12. The lowest BCUT2D eigenvalue weighted by Gasteiger charge is -2.22. The Bertz CT molecular complexity index is 592.